The summed E-state index contributed by atoms with van der Waals surface area (Å²) in [5.41, 5.74) is 0.175. The second kappa shape index (κ2) is 6.86. The lowest BCUT2D eigenvalue weighted by molar-refractivity contribution is 0.0952. The van der Waals surface area contributed by atoms with Crippen molar-refractivity contribution in [3.05, 3.63) is 27.2 Å². The average molecular weight is 415 g/mol. The highest BCUT2D eigenvalue weighted by Crippen LogP contribution is 2.34. The number of carbonyl (C=O) groups excluding carboxylic acids is 1. The molecule has 1 fully saturated rings. The SMILES string of the molecule is O=C(NCCCC1CC1)c1cc(Cl)c(Br)c(S(=O)(=O)Cl)c1. The summed E-state index contributed by atoms with van der Waals surface area (Å²) < 4.78 is 23.1. The van der Waals surface area contributed by atoms with Crippen LogP contribution in [0.25, 0.3) is 0 Å². The molecular weight excluding hydrogens is 401 g/mol. The second-order valence-corrected chi connectivity index (χ2v) is 8.78. The van der Waals surface area contributed by atoms with E-state index in [0.29, 0.717) is 6.54 Å². The van der Waals surface area contributed by atoms with Crippen molar-refractivity contribution in [2.24, 2.45) is 5.92 Å². The van der Waals surface area contributed by atoms with Gasteiger partial charge >= 0.3 is 0 Å². The molecule has 116 valence electrons. The molecule has 4 nitrogen and oxygen atoms in total. The van der Waals surface area contributed by atoms with E-state index in [0.717, 1.165) is 18.8 Å². The summed E-state index contributed by atoms with van der Waals surface area (Å²) in [6, 6.07) is 2.63. The minimum absolute atomic E-state index is 0.125. The van der Waals surface area contributed by atoms with Gasteiger partial charge in [0.05, 0.1) is 14.4 Å². The maximum absolute atomic E-state index is 12.0. The number of benzene rings is 1. The fraction of sp³-hybridized carbons (Fsp3) is 0.462. The Bertz CT molecular complexity index is 660. The summed E-state index contributed by atoms with van der Waals surface area (Å²) in [4.78, 5) is 11.8. The van der Waals surface area contributed by atoms with Crippen LogP contribution >= 0.6 is 38.2 Å². The summed E-state index contributed by atoms with van der Waals surface area (Å²) in [7, 11) is 1.35. The van der Waals surface area contributed by atoms with Gasteiger partial charge in [0.1, 0.15) is 0 Å². The van der Waals surface area contributed by atoms with Crippen molar-refractivity contribution in [2.45, 2.75) is 30.6 Å². The zero-order valence-corrected chi connectivity index (χ0v) is 14.9. The second-order valence-electron chi connectivity index (χ2n) is 5.05. The van der Waals surface area contributed by atoms with E-state index in [1.54, 1.807) is 0 Å². The van der Waals surface area contributed by atoms with Gasteiger partial charge in [-0.15, -0.1) is 0 Å². The van der Waals surface area contributed by atoms with Gasteiger partial charge in [-0.3, -0.25) is 4.79 Å². The van der Waals surface area contributed by atoms with Gasteiger partial charge in [-0.25, -0.2) is 8.42 Å². The van der Waals surface area contributed by atoms with Gasteiger partial charge in [-0.2, -0.15) is 0 Å². The molecule has 8 heteroatoms. The first kappa shape index (κ1) is 17.1. The van der Waals surface area contributed by atoms with Gasteiger partial charge in [0, 0.05) is 22.8 Å². The van der Waals surface area contributed by atoms with Crippen molar-refractivity contribution in [1.82, 2.24) is 5.32 Å². The van der Waals surface area contributed by atoms with Crippen LogP contribution in [0, 0.1) is 5.92 Å². The number of amides is 1. The summed E-state index contributed by atoms with van der Waals surface area (Å²) >= 11 is 8.99. The molecule has 0 bridgehead atoms. The van der Waals surface area contributed by atoms with Gasteiger partial charge in [0.2, 0.25) is 0 Å². The Morgan fingerprint density at radius 2 is 2.05 bits per heavy atom. The standard InChI is InChI=1S/C13H14BrCl2NO3S/c14-12-10(15)6-9(7-11(12)21(16,19)20)13(18)17-5-1-2-8-3-4-8/h6-8H,1-5H2,(H,17,18). The third-order valence-corrected chi connectivity index (χ3v) is 6.28. The summed E-state index contributed by atoms with van der Waals surface area (Å²) in [6.07, 6.45) is 4.60. The number of halogens is 3. The average Bonchev–Trinajstić information content (AvgIpc) is 3.20. The Labute approximate surface area is 141 Å². The summed E-state index contributed by atoms with van der Waals surface area (Å²) in [5.74, 6) is 0.457. The van der Waals surface area contributed by atoms with Gasteiger partial charge in [0.25, 0.3) is 15.0 Å². The van der Waals surface area contributed by atoms with Crippen LogP contribution in [0.1, 0.15) is 36.0 Å². The van der Waals surface area contributed by atoms with Crippen LogP contribution in [0.5, 0.6) is 0 Å². The number of nitrogens with one attached hydrogen (secondary N) is 1. The molecule has 21 heavy (non-hydrogen) atoms. The predicted octanol–water partition coefficient (Wildman–Crippen LogP) is 3.95. The van der Waals surface area contributed by atoms with E-state index in [1.165, 1.54) is 25.0 Å². The molecular formula is C13H14BrCl2NO3S. The Balaban J connectivity index is 2.07. The molecule has 2 rings (SSSR count). The number of rotatable bonds is 6. The molecule has 0 atom stereocenters. The van der Waals surface area contributed by atoms with Crippen LogP contribution in [-0.2, 0) is 9.05 Å². The summed E-state index contributed by atoms with van der Waals surface area (Å²) in [6.45, 7) is 0.561. The number of hydrogen-bond donors (Lipinski definition) is 1. The topological polar surface area (TPSA) is 63.2 Å². The smallest absolute Gasteiger partial charge is 0.262 e. The molecule has 1 saturated carbocycles. The number of carbonyl (C=O) groups is 1. The Hall–Kier alpha value is -0.300. The monoisotopic (exact) mass is 413 g/mol. The van der Waals surface area contributed by atoms with Gasteiger partial charge in [-0.1, -0.05) is 24.4 Å². The van der Waals surface area contributed by atoms with Crippen molar-refractivity contribution in [2.75, 3.05) is 6.54 Å². The molecule has 0 saturated heterocycles. The van der Waals surface area contributed by atoms with Crippen LogP contribution in [0.3, 0.4) is 0 Å². The molecule has 1 N–H and O–H groups in total. The van der Waals surface area contributed by atoms with Crippen LogP contribution in [0.4, 0.5) is 0 Å². The number of hydrogen-bond acceptors (Lipinski definition) is 3. The highest BCUT2D eigenvalue weighted by atomic mass is 79.9. The molecule has 1 aromatic carbocycles. The van der Waals surface area contributed by atoms with E-state index >= 15 is 0 Å². The fourth-order valence-corrected chi connectivity index (χ4v) is 4.35. The zero-order valence-electron chi connectivity index (χ0n) is 11.0. The maximum Gasteiger partial charge on any atom is 0.262 e. The quantitative estimate of drug-likeness (QED) is 0.566. The molecule has 0 aliphatic heterocycles. The molecule has 0 aromatic heterocycles. The van der Waals surface area contributed by atoms with Crippen molar-refractivity contribution in [1.29, 1.82) is 0 Å². The molecule has 0 heterocycles. The molecule has 0 radical (unpaired) electrons. The Kier molecular flexibility index (Phi) is 5.57. The molecule has 1 amide bonds. The van der Waals surface area contributed by atoms with E-state index in [-0.39, 0.29) is 25.9 Å². The van der Waals surface area contributed by atoms with Gasteiger partial charge in [-0.05, 0) is 46.8 Å². The van der Waals surface area contributed by atoms with Crippen LogP contribution in [-0.4, -0.2) is 20.9 Å². The minimum atomic E-state index is -3.98. The van der Waals surface area contributed by atoms with Crippen LogP contribution < -0.4 is 5.32 Å². The fourth-order valence-electron chi connectivity index (χ4n) is 1.97. The van der Waals surface area contributed by atoms with Gasteiger partial charge in [0.15, 0.2) is 0 Å². The Morgan fingerprint density at radius 1 is 1.38 bits per heavy atom. The predicted molar refractivity (Wildman–Crippen MR) is 86.5 cm³/mol. The molecule has 1 aliphatic rings. The highest BCUT2D eigenvalue weighted by molar-refractivity contribution is 9.10. The highest BCUT2D eigenvalue weighted by Gasteiger charge is 2.21. The molecule has 0 spiro atoms. The van der Waals surface area contributed by atoms with E-state index in [4.69, 9.17) is 22.3 Å². The summed E-state index contributed by atoms with van der Waals surface area (Å²) in [5, 5.41) is 2.88. The van der Waals surface area contributed by atoms with E-state index in [1.807, 2.05) is 0 Å². The van der Waals surface area contributed by atoms with E-state index in [2.05, 4.69) is 21.2 Å². The normalized spacial score (nSPS) is 15.0. The third-order valence-electron chi connectivity index (χ3n) is 3.29. The first-order valence-electron chi connectivity index (χ1n) is 6.51. The van der Waals surface area contributed by atoms with Crippen molar-refractivity contribution < 1.29 is 13.2 Å². The molecule has 1 aliphatic carbocycles. The third kappa shape index (κ3) is 4.84. The first-order valence-corrected chi connectivity index (χ1v) is 9.99. The van der Waals surface area contributed by atoms with Crippen molar-refractivity contribution >= 4 is 53.2 Å². The minimum Gasteiger partial charge on any atom is -0.352 e. The zero-order chi connectivity index (χ0) is 15.6. The largest absolute Gasteiger partial charge is 0.352 e. The lowest BCUT2D eigenvalue weighted by Crippen LogP contribution is -2.24. The lowest BCUT2D eigenvalue weighted by atomic mass is 10.2. The van der Waals surface area contributed by atoms with Crippen LogP contribution in [0.15, 0.2) is 21.5 Å². The van der Waals surface area contributed by atoms with Crippen molar-refractivity contribution in [3.63, 3.8) is 0 Å². The first-order chi connectivity index (χ1) is 9.79. The van der Waals surface area contributed by atoms with Gasteiger partial charge < -0.3 is 5.32 Å². The van der Waals surface area contributed by atoms with E-state index < -0.39 is 9.05 Å². The van der Waals surface area contributed by atoms with Crippen molar-refractivity contribution in [3.8, 4) is 0 Å². The molecule has 0 unspecified atom stereocenters. The maximum atomic E-state index is 12.0. The van der Waals surface area contributed by atoms with Crippen LogP contribution in [0.2, 0.25) is 5.02 Å². The lowest BCUT2D eigenvalue weighted by Gasteiger charge is -2.08. The Morgan fingerprint density at radius 3 is 2.62 bits per heavy atom. The van der Waals surface area contributed by atoms with E-state index in [9.17, 15) is 13.2 Å². The molecule has 1 aromatic rings.